The smallest absolute Gasteiger partial charge is 0.159 e. The number of hydrogen-bond acceptors (Lipinski definition) is 3. The number of nitrogens with zero attached hydrogens (tertiary/aromatic N) is 2. The minimum atomic E-state index is -0.113. The lowest BCUT2D eigenvalue weighted by atomic mass is 9.45. The number of aryl methyl sites for hydroxylation is 1. The lowest BCUT2D eigenvalue weighted by Gasteiger charge is -2.60. The number of ketones is 1. The van der Waals surface area contributed by atoms with Gasteiger partial charge in [-0.25, -0.2) is 0 Å². The summed E-state index contributed by atoms with van der Waals surface area (Å²) in [5.41, 5.74) is 2.39. The molecule has 0 radical (unpaired) electrons. The summed E-state index contributed by atoms with van der Waals surface area (Å²) in [6.45, 7) is 4.82. The van der Waals surface area contributed by atoms with Crippen LogP contribution in [0, 0.1) is 34.5 Å². The lowest BCUT2D eigenvalue weighted by Crippen LogP contribution is -2.54. The van der Waals surface area contributed by atoms with Crippen molar-refractivity contribution >= 4 is 11.9 Å². The van der Waals surface area contributed by atoms with Crippen LogP contribution in [0.5, 0.6) is 0 Å². The maximum atomic E-state index is 12.9. The second-order valence-electron chi connectivity index (χ2n) is 10.7. The third kappa shape index (κ3) is 2.59. The number of allylic oxidation sites excluding steroid dienone is 1. The van der Waals surface area contributed by atoms with Crippen LogP contribution in [0.4, 0.5) is 0 Å². The van der Waals surface area contributed by atoms with Gasteiger partial charge in [-0.1, -0.05) is 13.8 Å². The SMILES string of the molecule is Cn1cc(/C=C2/CC3(C)C(CCC4C5CCC(O)C5(C)CCC43)CC2=O)cn1. The molecule has 4 aliphatic carbocycles. The van der Waals surface area contributed by atoms with Crippen molar-refractivity contribution in [2.24, 2.45) is 41.5 Å². The Morgan fingerprint density at radius 2 is 1.93 bits per heavy atom. The number of carbonyl (C=O) groups excluding carboxylic acids is 1. The van der Waals surface area contributed by atoms with Gasteiger partial charge in [0.05, 0.1) is 12.3 Å². The number of aliphatic hydroxyl groups excluding tert-OH is 1. The number of fused-ring (bicyclic) bond motifs is 5. The molecule has 1 N–H and O–H groups in total. The summed E-state index contributed by atoms with van der Waals surface area (Å²) in [5, 5.41) is 14.9. The van der Waals surface area contributed by atoms with Crippen molar-refractivity contribution in [2.75, 3.05) is 0 Å². The van der Waals surface area contributed by atoms with Crippen LogP contribution < -0.4 is 0 Å². The molecule has 1 heterocycles. The van der Waals surface area contributed by atoms with E-state index in [0.29, 0.717) is 23.5 Å². The molecule has 7 unspecified atom stereocenters. The van der Waals surface area contributed by atoms with Gasteiger partial charge in [-0.05, 0) is 91.1 Å². The summed E-state index contributed by atoms with van der Waals surface area (Å²) in [7, 11) is 1.92. The van der Waals surface area contributed by atoms with E-state index in [1.807, 2.05) is 19.4 Å². The molecule has 0 aromatic carbocycles. The average Bonchev–Trinajstić information content (AvgIpc) is 3.19. The van der Waals surface area contributed by atoms with Gasteiger partial charge in [0.1, 0.15) is 0 Å². The summed E-state index contributed by atoms with van der Waals surface area (Å²) in [6, 6.07) is 0. The highest BCUT2D eigenvalue weighted by Crippen LogP contribution is 2.66. The normalized spacial score (nSPS) is 46.9. The molecule has 4 fully saturated rings. The second-order valence-corrected chi connectivity index (χ2v) is 10.7. The van der Waals surface area contributed by atoms with Crippen LogP contribution in [-0.4, -0.2) is 26.8 Å². The van der Waals surface area contributed by atoms with Crippen LogP contribution in [0.3, 0.4) is 0 Å². The Balaban J connectivity index is 1.46. The fourth-order valence-corrected chi connectivity index (χ4v) is 7.83. The molecule has 4 nitrogen and oxygen atoms in total. The molecule has 7 atom stereocenters. The quantitative estimate of drug-likeness (QED) is 0.733. The van der Waals surface area contributed by atoms with Gasteiger partial charge in [-0.3, -0.25) is 9.48 Å². The Morgan fingerprint density at radius 1 is 1.14 bits per heavy atom. The molecule has 4 saturated carbocycles. The number of aromatic nitrogens is 2. The van der Waals surface area contributed by atoms with Gasteiger partial charge in [0, 0.05) is 25.2 Å². The Hall–Kier alpha value is -1.42. The van der Waals surface area contributed by atoms with Crippen molar-refractivity contribution in [3.63, 3.8) is 0 Å². The van der Waals surface area contributed by atoms with Crippen molar-refractivity contribution in [1.82, 2.24) is 9.78 Å². The van der Waals surface area contributed by atoms with E-state index in [2.05, 4.69) is 25.0 Å². The van der Waals surface area contributed by atoms with Gasteiger partial charge in [0.15, 0.2) is 5.78 Å². The van der Waals surface area contributed by atoms with E-state index < -0.39 is 0 Å². The highest BCUT2D eigenvalue weighted by molar-refractivity contribution is 6.00. The minimum Gasteiger partial charge on any atom is -0.393 e. The monoisotopic (exact) mass is 382 g/mol. The Labute approximate surface area is 168 Å². The fraction of sp³-hybridized carbons (Fsp3) is 0.750. The Bertz CT molecular complexity index is 826. The highest BCUT2D eigenvalue weighted by Gasteiger charge is 2.60. The number of carbonyl (C=O) groups is 1. The number of rotatable bonds is 1. The molecule has 4 aliphatic rings. The van der Waals surface area contributed by atoms with E-state index in [0.717, 1.165) is 42.7 Å². The minimum absolute atomic E-state index is 0.113. The summed E-state index contributed by atoms with van der Waals surface area (Å²) >= 11 is 0. The lowest BCUT2D eigenvalue weighted by molar-refractivity contribution is -0.134. The molecule has 1 aromatic rings. The molecule has 0 bridgehead atoms. The van der Waals surface area contributed by atoms with E-state index in [1.54, 1.807) is 4.68 Å². The van der Waals surface area contributed by atoms with Crippen molar-refractivity contribution in [3.8, 4) is 0 Å². The molecule has 152 valence electrons. The predicted octanol–water partition coefficient (Wildman–Crippen LogP) is 4.39. The molecule has 0 saturated heterocycles. The summed E-state index contributed by atoms with van der Waals surface area (Å²) in [6.07, 6.45) is 14.4. The van der Waals surface area contributed by atoms with Crippen molar-refractivity contribution in [1.29, 1.82) is 0 Å². The average molecular weight is 383 g/mol. The predicted molar refractivity (Wildman–Crippen MR) is 109 cm³/mol. The maximum Gasteiger partial charge on any atom is 0.159 e. The van der Waals surface area contributed by atoms with Crippen molar-refractivity contribution in [2.45, 2.75) is 71.3 Å². The van der Waals surface area contributed by atoms with Gasteiger partial charge < -0.3 is 5.11 Å². The molecule has 0 spiro atoms. The molecule has 0 amide bonds. The van der Waals surface area contributed by atoms with Crippen LogP contribution in [0.15, 0.2) is 18.0 Å². The van der Waals surface area contributed by atoms with Gasteiger partial charge in [-0.15, -0.1) is 0 Å². The summed E-state index contributed by atoms with van der Waals surface area (Å²) < 4.78 is 1.80. The van der Waals surface area contributed by atoms with Gasteiger partial charge in [0.2, 0.25) is 0 Å². The second kappa shape index (κ2) is 6.29. The number of aliphatic hydroxyl groups is 1. The van der Waals surface area contributed by atoms with Crippen molar-refractivity contribution < 1.29 is 9.90 Å². The number of Topliss-reactive ketones (excluding diaryl/α,β-unsaturated/α-hetero) is 1. The summed E-state index contributed by atoms with van der Waals surface area (Å²) in [5.74, 6) is 2.97. The van der Waals surface area contributed by atoms with Gasteiger partial charge >= 0.3 is 0 Å². The van der Waals surface area contributed by atoms with E-state index in [1.165, 1.54) is 25.7 Å². The Morgan fingerprint density at radius 3 is 2.68 bits per heavy atom. The zero-order valence-electron chi connectivity index (χ0n) is 17.5. The maximum absolute atomic E-state index is 12.9. The van der Waals surface area contributed by atoms with Crippen LogP contribution in [0.2, 0.25) is 0 Å². The molecule has 0 aliphatic heterocycles. The number of hydrogen-bond donors (Lipinski definition) is 1. The zero-order valence-corrected chi connectivity index (χ0v) is 17.5. The first-order valence-electron chi connectivity index (χ1n) is 11.2. The third-order valence-electron chi connectivity index (χ3n) is 9.44. The van der Waals surface area contributed by atoms with E-state index in [9.17, 15) is 9.90 Å². The molecule has 28 heavy (non-hydrogen) atoms. The van der Waals surface area contributed by atoms with Crippen LogP contribution in [0.1, 0.15) is 70.8 Å². The van der Waals surface area contributed by atoms with Crippen LogP contribution in [0.25, 0.3) is 6.08 Å². The fourth-order valence-electron chi connectivity index (χ4n) is 7.83. The molecular formula is C24H34N2O2. The topological polar surface area (TPSA) is 55.1 Å². The largest absolute Gasteiger partial charge is 0.393 e. The first kappa shape index (κ1) is 18.6. The first-order valence-corrected chi connectivity index (χ1v) is 11.2. The van der Waals surface area contributed by atoms with E-state index in [4.69, 9.17) is 0 Å². The van der Waals surface area contributed by atoms with Crippen molar-refractivity contribution in [3.05, 3.63) is 23.5 Å². The van der Waals surface area contributed by atoms with Crippen LogP contribution in [-0.2, 0) is 11.8 Å². The van der Waals surface area contributed by atoms with Gasteiger partial charge in [0.25, 0.3) is 0 Å². The first-order chi connectivity index (χ1) is 13.3. The standard InChI is InChI=1S/C24H34N2O2/c1-23-9-8-20-18(19(23)6-7-22(23)28)5-4-17-11-21(27)16(12-24(17,20)2)10-15-13-25-26(3)14-15/h10,13-14,17-20,22,28H,4-9,11-12H2,1-3H3/b16-10-. The van der Waals surface area contributed by atoms with E-state index in [-0.39, 0.29) is 16.9 Å². The van der Waals surface area contributed by atoms with Crippen LogP contribution >= 0.6 is 0 Å². The van der Waals surface area contributed by atoms with E-state index >= 15 is 0 Å². The summed E-state index contributed by atoms with van der Waals surface area (Å²) in [4.78, 5) is 12.9. The molecule has 1 aromatic heterocycles. The molecule has 4 heteroatoms. The molecule has 5 rings (SSSR count). The zero-order chi connectivity index (χ0) is 19.7. The highest BCUT2D eigenvalue weighted by atomic mass is 16.3. The molecular weight excluding hydrogens is 348 g/mol. The Kier molecular flexibility index (Phi) is 4.18. The van der Waals surface area contributed by atoms with Gasteiger partial charge in [-0.2, -0.15) is 5.10 Å². The third-order valence-corrected chi connectivity index (χ3v) is 9.44.